The van der Waals surface area contributed by atoms with E-state index in [4.69, 9.17) is 10.5 Å². The number of ether oxygens (including phenoxy) is 1. The fourth-order valence-corrected chi connectivity index (χ4v) is 1.47. The van der Waals surface area contributed by atoms with Crippen LogP contribution in [0, 0.1) is 0 Å². The number of nitrogens with two attached hydrogens (primary N) is 1. The van der Waals surface area contributed by atoms with Gasteiger partial charge in [-0.05, 0) is 24.1 Å². The maximum absolute atomic E-state index is 11.4. The minimum Gasteiger partial charge on any atom is -0.380 e. The number of hydrogen-bond donors (Lipinski definition) is 2. The first kappa shape index (κ1) is 13.7. The van der Waals surface area contributed by atoms with E-state index in [2.05, 4.69) is 5.32 Å². The summed E-state index contributed by atoms with van der Waals surface area (Å²) in [7, 11) is 1.67. The lowest BCUT2D eigenvalue weighted by molar-refractivity contribution is -0.121. The first-order valence-electron chi connectivity index (χ1n) is 5.79. The summed E-state index contributed by atoms with van der Waals surface area (Å²) in [5.74, 6) is 0.0522. The lowest BCUT2D eigenvalue weighted by Gasteiger charge is -2.06. The van der Waals surface area contributed by atoms with E-state index in [1.807, 2.05) is 24.3 Å². The Morgan fingerprint density at radius 2 is 1.94 bits per heavy atom. The second-order valence-corrected chi connectivity index (χ2v) is 3.92. The Morgan fingerprint density at radius 3 is 2.53 bits per heavy atom. The molecule has 0 aliphatic rings. The van der Waals surface area contributed by atoms with Crippen LogP contribution in [0.4, 0.5) is 0 Å². The van der Waals surface area contributed by atoms with Gasteiger partial charge < -0.3 is 15.8 Å². The molecule has 0 atom stereocenters. The Balaban J connectivity index is 2.34. The van der Waals surface area contributed by atoms with Gasteiger partial charge in [0.25, 0.3) is 0 Å². The van der Waals surface area contributed by atoms with Crippen molar-refractivity contribution in [3.05, 3.63) is 35.4 Å². The second-order valence-electron chi connectivity index (χ2n) is 3.92. The van der Waals surface area contributed by atoms with E-state index in [1.54, 1.807) is 7.11 Å². The average molecular weight is 236 g/mol. The van der Waals surface area contributed by atoms with Crippen molar-refractivity contribution in [1.82, 2.24) is 5.32 Å². The number of carbonyl (C=O) groups excluding carboxylic acids is 1. The van der Waals surface area contributed by atoms with Crippen LogP contribution in [-0.2, 0) is 22.7 Å². The van der Waals surface area contributed by atoms with Gasteiger partial charge in [-0.3, -0.25) is 4.79 Å². The third kappa shape index (κ3) is 5.47. The van der Waals surface area contributed by atoms with Gasteiger partial charge >= 0.3 is 0 Å². The van der Waals surface area contributed by atoms with Crippen LogP contribution in [0.3, 0.4) is 0 Å². The fraction of sp³-hybridized carbons (Fsp3) is 0.462. The first-order valence-corrected chi connectivity index (χ1v) is 5.79. The molecule has 1 aromatic rings. The molecule has 17 heavy (non-hydrogen) atoms. The van der Waals surface area contributed by atoms with Crippen LogP contribution in [-0.4, -0.2) is 19.6 Å². The van der Waals surface area contributed by atoms with Gasteiger partial charge in [0.15, 0.2) is 0 Å². The van der Waals surface area contributed by atoms with Crippen molar-refractivity contribution in [3.8, 4) is 0 Å². The van der Waals surface area contributed by atoms with Crippen LogP contribution in [0.15, 0.2) is 24.3 Å². The molecule has 0 unspecified atom stereocenters. The van der Waals surface area contributed by atoms with E-state index >= 15 is 0 Å². The standard InChI is InChI=1S/C13H20N2O2/c1-17-10-12-6-4-11(5-7-12)9-15-13(16)3-2-8-14/h4-7H,2-3,8-10,14H2,1H3,(H,15,16). The van der Waals surface area contributed by atoms with E-state index in [0.717, 1.165) is 17.5 Å². The number of benzene rings is 1. The highest BCUT2D eigenvalue weighted by Crippen LogP contribution is 2.05. The zero-order chi connectivity index (χ0) is 12.5. The Hall–Kier alpha value is -1.39. The highest BCUT2D eigenvalue weighted by atomic mass is 16.5. The minimum absolute atomic E-state index is 0.0522. The Labute approximate surface area is 102 Å². The summed E-state index contributed by atoms with van der Waals surface area (Å²) >= 11 is 0. The molecule has 94 valence electrons. The van der Waals surface area contributed by atoms with Gasteiger partial charge in [0.1, 0.15) is 0 Å². The molecular formula is C13H20N2O2. The van der Waals surface area contributed by atoms with E-state index in [-0.39, 0.29) is 5.91 Å². The third-order valence-electron chi connectivity index (χ3n) is 2.43. The number of rotatable bonds is 7. The van der Waals surface area contributed by atoms with Crippen LogP contribution < -0.4 is 11.1 Å². The monoisotopic (exact) mass is 236 g/mol. The minimum atomic E-state index is 0.0522. The van der Waals surface area contributed by atoms with Crippen LogP contribution >= 0.6 is 0 Å². The fourth-order valence-electron chi connectivity index (χ4n) is 1.47. The maximum atomic E-state index is 11.4. The smallest absolute Gasteiger partial charge is 0.220 e. The summed E-state index contributed by atoms with van der Waals surface area (Å²) in [6.45, 7) is 1.74. The molecule has 0 aromatic heterocycles. The van der Waals surface area contributed by atoms with Gasteiger partial charge in [0.2, 0.25) is 5.91 Å². The van der Waals surface area contributed by atoms with Gasteiger partial charge in [-0.2, -0.15) is 0 Å². The Bertz CT molecular complexity index is 336. The zero-order valence-electron chi connectivity index (χ0n) is 10.2. The van der Waals surface area contributed by atoms with Crippen molar-refractivity contribution in [1.29, 1.82) is 0 Å². The molecule has 1 rings (SSSR count). The average Bonchev–Trinajstić information content (AvgIpc) is 2.36. The van der Waals surface area contributed by atoms with Crippen molar-refractivity contribution < 1.29 is 9.53 Å². The highest BCUT2D eigenvalue weighted by molar-refractivity contribution is 5.75. The van der Waals surface area contributed by atoms with Crippen molar-refractivity contribution in [2.24, 2.45) is 5.73 Å². The summed E-state index contributed by atoms with van der Waals surface area (Å²) in [5, 5.41) is 2.86. The van der Waals surface area contributed by atoms with E-state index < -0.39 is 0 Å². The molecule has 4 heteroatoms. The lowest BCUT2D eigenvalue weighted by Crippen LogP contribution is -2.23. The predicted octanol–water partition coefficient (Wildman–Crippen LogP) is 1.19. The van der Waals surface area contributed by atoms with Crippen molar-refractivity contribution >= 4 is 5.91 Å². The van der Waals surface area contributed by atoms with Crippen LogP contribution in [0.2, 0.25) is 0 Å². The van der Waals surface area contributed by atoms with Crippen molar-refractivity contribution in [2.45, 2.75) is 26.0 Å². The van der Waals surface area contributed by atoms with Gasteiger partial charge in [-0.15, -0.1) is 0 Å². The van der Waals surface area contributed by atoms with Gasteiger partial charge in [-0.1, -0.05) is 24.3 Å². The predicted molar refractivity (Wildman–Crippen MR) is 67.3 cm³/mol. The number of nitrogens with one attached hydrogen (secondary N) is 1. The molecular weight excluding hydrogens is 216 g/mol. The summed E-state index contributed by atoms with van der Waals surface area (Å²) in [6, 6.07) is 8.00. The Morgan fingerprint density at radius 1 is 1.29 bits per heavy atom. The van der Waals surface area contributed by atoms with Gasteiger partial charge in [0.05, 0.1) is 6.61 Å². The molecule has 0 aliphatic heterocycles. The summed E-state index contributed by atoms with van der Waals surface area (Å²) in [5.41, 5.74) is 7.56. The molecule has 0 bridgehead atoms. The maximum Gasteiger partial charge on any atom is 0.220 e. The molecule has 0 saturated carbocycles. The number of amides is 1. The van der Waals surface area contributed by atoms with Crippen LogP contribution in [0.5, 0.6) is 0 Å². The third-order valence-corrected chi connectivity index (χ3v) is 2.43. The molecule has 0 fully saturated rings. The number of hydrogen-bond acceptors (Lipinski definition) is 3. The van der Waals surface area contributed by atoms with E-state index in [9.17, 15) is 4.79 Å². The zero-order valence-corrected chi connectivity index (χ0v) is 10.2. The summed E-state index contributed by atoms with van der Waals surface area (Å²) in [6.07, 6.45) is 1.23. The van der Waals surface area contributed by atoms with Crippen molar-refractivity contribution in [2.75, 3.05) is 13.7 Å². The lowest BCUT2D eigenvalue weighted by atomic mass is 10.1. The molecule has 0 radical (unpaired) electrons. The van der Waals surface area contributed by atoms with Crippen LogP contribution in [0.1, 0.15) is 24.0 Å². The number of carbonyl (C=O) groups is 1. The number of methoxy groups -OCH3 is 1. The molecule has 1 amide bonds. The topological polar surface area (TPSA) is 64.3 Å². The van der Waals surface area contributed by atoms with Crippen LogP contribution in [0.25, 0.3) is 0 Å². The normalized spacial score (nSPS) is 10.2. The van der Waals surface area contributed by atoms with Gasteiger partial charge in [-0.25, -0.2) is 0 Å². The largest absolute Gasteiger partial charge is 0.380 e. The Kier molecular flexibility index (Phi) is 6.29. The first-order chi connectivity index (χ1) is 8.26. The molecule has 0 heterocycles. The van der Waals surface area contributed by atoms with E-state index in [0.29, 0.717) is 26.1 Å². The second kappa shape index (κ2) is 7.81. The molecule has 0 aliphatic carbocycles. The quantitative estimate of drug-likeness (QED) is 0.747. The highest BCUT2D eigenvalue weighted by Gasteiger charge is 2.00. The summed E-state index contributed by atoms with van der Waals surface area (Å²) < 4.78 is 5.03. The molecule has 0 saturated heterocycles. The van der Waals surface area contributed by atoms with Crippen molar-refractivity contribution in [3.63, 3.8) is 0 Å². The summed E-state index contributed by atoms with van der Waals surface area (Å²) in [4.78, 5) is 11.4. The molecule has 3 N–H and O–H groups in total. The SMILES string of the molecule is COCc1ccc(CNC(=O)CCCN)cc1. The molecule has 4 nitrogen and oxygen atoms in total. The molecule has 0 spiro atoms. The van der Waals surface area contributed by atoms with Gasteiger partial charge in [0, 0.05) is 20.1 Å². The van der Waals surface area contributed by atoms with E-state index in [1.165, 1.54) is 0 Å². The molecule has 1 aromatic carbocycles.